The van der Waals surface area contributed by atoms with Crippen molar-refractivity contribution in [1.29, 1.82) is 0 Å². The second-order valence-corrected chi connectivity index (χ2v) is 5.50. The summed E-state index contributed by atoms with van der Waals surface area (Å²) >= 11 is 11.7. The largest absolute Gasteiger partial charge is 0.480 e. The van der Waals surface area contributed by atoms with E-state index in [4.69, 9.17) is 27.9 Å². The van der Waals surface area contributed by atoms with Crippen LogP contribution in [-0.2, 0) is 12.7 Å². The molecule has 24 heavy (non-hydrogen) atoms. The molecule has 1 heterocycles. The van der Waals surface area contributed by atoms with Gasteiger partial charge >= 0.3 is 6.18 Å². The van der Waals surface area contributed by atoms with Crippen molar-refractivity contribution < 1.29 is 22.7 Å². The number of methoxy groups -OCH3 is 1. The monoisotopic (exact) mass is 378 g/mol. The van der Waals surface area contributed by atoms with Crippen LogP contribution in [0.5, 0.6) is 5.88 Å². The second-order valence-electron chi connectivity index (χ2n) is 4.66. The fourth-order valence-corrected chi connectivity index (χ4v) is 2.46. The van der Waals surface area contributed by atoms with E-state index in [0.717, 1.165) is 13.3 Å². The third-order valence-corrected chi connectivity index (χ3v) is 3.68. The molecule has 0 atom stereocenters. The molecule has 1 N–H and O–H groups in total. The van der Waals surface area contributed by atoms with Gasteiger partial charge < -0.3 is 10.1 Å². The van der Waals surface area contributed by atoms with Crippen LogP contribution in [0, 0.1) is 0 Å². The van der Waals surface area contributed by atoms with Crippen molar-refractivity contribution in [3.05, 3.63) is 57.2 Å². The van der Waals surface area contributed by atoms with E-state index in [0.29, 0.717) is 16.7 Å². The number of hydrogen-bond acceptors (Lipinski definition) is 3. The van der Waals surface area contributed by atoms with Crippen LogP contribution in [0.4, 0.5) is 13.2 Å². The quantitative estimate of drug-likeness (QED) is 0.860. The fourth-order valence-electron chi connectivity index (χ4n) is 1.98. The summed E-state index contributed by atoms with van der Waals surface area (Å²) in [6.07, 6.45) is -3.80. The van der Waals surface area contributed by atoms with Crippen molar-refractivity contribution >= 4 is 29.1 Å². The van der Waals surface area contributed by atoms with Gasteiger partial charge in [0.1, 0.15) is 5.56 Å². The van der Waals surface area contributed by atoms with Crippen LogP contribution < -0.4 is 10.1 Å². The molecule has 0 aliphatic carbocycles. The number of halogens is 5. The topological polar surface area (TPSA) is 51.2 Å². The van der Waals surface area contributed by atoms with Gasteiger partial charge in [-0.15, -0.1) is 0 Å². The van der Waals surface area contributed by atoms with Crippen LogP contribution in [-0.4, -0.2) is 18.0 Å². The SMILES string of the molecule is COc1nccc(C(F)(F)F)c1C(=O)NCc1ccc(Cl)cc1Cl. The summed E-state index contributed by atoms with van der Waals surface area (Å²) in [5.41, 5.74) is -1.31. The van der Waals surface area contributed by atoms with Gasteiger partial charge in [-0.1, -0.05) is 29.3 Å². The molecule has 0 radical (unpaired) electrons. The van der Waals surface area contributed by atoms with E-state index in [2.05, 4.69) is 10.3 Å². The highest BCUT2D eigenvalue weighted by molar-refractivity contribution is 6.35. The normalized spacial score (nSPS) is 11.2. The van der Waals surface area contributed by atoms with Crippen LogP contribution >= 0.6 is 23.2 Å². The van der Waals surface area contributed by atoms with E-state index < -0.39 is 29.1 Å². The number of hydrogen-bond donors (Lipinski definition) is 1. The van der Waals surface area contributed by atoms with Crippen LogP contribution in [0.2, 0.25) is 10.0 Å². The minimum absolute atomic E-state index is 0.0792. The maximum atomic E-state index is 13.1. The van der Waals surface area contributed by atoms with Gasteiger partial charge in [-0.05, 0) is 23.8 Å². The third-order valence-electron chi connectivity index (χ3n) is 3.10. The number of ether oxygens (including phenoxy) is 1. The van der Waals surface area contributed by atoms with Crippen molar-refractivity contribution in [2.75, 3.05) is 7.11 Å². The second kappa shape index (κ2) is 7.27. The number of aromatic nitrogens is 1. The molecule has 0 bridgehead atoms. The van der Waals surface area contributed by atoms with Crippen LogP contribution in [0.25, 0.3) is 0 Å². The molecule has 128 valence electrons. The first-order valence-electron chi connectivity index (χ1n) is 6.56. The lowest BCUT2D eigenvalue weighted by Gasteiger charge is -2.15. The molecule has 9 heteroatoms. The molecule has 0 saturated heterocycles. The summed E-state index contributed by atoms with van der Waals surface area (Å²) in [6.45, 7) is -0.0792. The van der Waals surface area contributed by atoms with E-state index in [1.807, 2.05) is 0 Å². The first kappa shape index (κ1) is 18.4. The zero-order valence-electron chi connectivity index (χ0n) is 12.2. The molecule has 4 nitrogen and oxygen atoms in total. The molecule has 0 spiro atoms. The Hall–Kier alpha value is -1.99. The molecule has 0 fully saturated rings. The van der Waals surface area contributed by atoms with E-state index in [-0.39, 0.29) is 11.6 Å². The fraction of sp³-hybridized carbons (Fsp3) is 0.200. The highest BCUT2D eigenvalue weighted by Gasteiger charge is 2.37. The molecular formula is C15H11Cl2F3N2O2. The Morgan fingerprint density at radius 2 is 2.00 bits per heavy atom. The average Bonchev–Trinajstić information content (AvgIpc) is 2.52. The number of carbonyl (C=O) groups is 1. The number of alkyl halides is 3. The number of carbonyl (C=O) groups excluding carboxylic acids is 1. The maximum absolute atomic E-state index is 13.1. The van der Waals surface area contributed by atoms with Gasteiger partial charge in [0.2, 0.25) is 5.88 Å². The molecule has 1 amide bonds. The third kappa shape index (κ3) is 4.10. The summed E-state index contributed by atoms with van der Waals surface area (Å²) in [4.78, 5) is 15.9. The number of nitrogens with one attached hydrogen (secondary N) is 1. The summed E-state index contributed by atoms with van der Waals surface area (Å²) in [5.74, 6) is -1.39. The van der Waals surface area contributed by atoms with Gasteiger partial charge in [-0.3, -0.25) is 4.79 Å². The van der Waals surface area contributed by atoms with E-state index in [9.17, 15) is 18.0 Å². The van der Waals surface area contributed by atoms with Gasteiger partial charge in [0.05, 0.1) is 12.7 Å². The molecule has 0 aliphatic heterocycles. The molecule has 1 aromatic carbocycles. The lowest BCUT2D eigenvalue weighted by Crippen LogP contribution is -2.27. The molecule has 0 aliphatic rings. The van der Waals surface area contributed by atoms with Gasteiger partial charge in [-0.2, -0.15) is 13.2 Å². The minimum atomic E-state index is -4.72. The highest BCUT2D eigenvalue weighted by Crippen LogP contribution is 2.35. The van der Waals surface area contributed by atoms with Crippen molar-refractivity contribution in [3.63, 3.8) is 0 Å². The van der Waals surface area contributed by atoms with E-state index in [1.165, 1.54) is 6.07 Å². The minimum Gasteiger partial charge on any atom is -0.480 e. The van der Waals surface area contributed by atoms with Gasteiger partial charge in [0.15, 0.2) is 0 Å². The zero-order valence-corrected chi connectivity index (χ0v) is 13.8. The Bertz CT molecular complexity index is 767. The molecule has 2 rings (SSSR count). The predicted molar refractivity (Wildman–Crippen MR) is 83.4 cm³/mol. The van der Waals surface area contributed by atoms with E-state index in [1.54, 1.807) is 12.1 Å². The van der Waals surface area contributed by atoms with Crippen LogP contribution in [0.15, 0.2) is 30.5 Å². The number of benzene rings is 1. The lowest BCUT2D eigenvalue weighted by molar-refractivity contribution is -0.138. The molecule has 0 saturated carbocycles. The van der Waals surface area contributed by atoms with E-state index >= 15 is 0 Å². The summed E-state index contributed by atoms with van der Waals surface area (Å²) in [5, 5.41) is 3.07. The average molecular weight is 379 g/mol. The molecule has 0 unspecified atom stereocenters. The Labute approximate surface area is 145 Å². The highest BCUT2D eigenvalue weighted by atomic mass is 35.5. The smallest absolute Gasteiger partial charge is 0.417 e. The number of rotatable bonds is 4. The lowest BCUT2D eigenvalue weighted by atomic mass is 10.1. The maximum Gasteiger partial charge on any atom is 0.417 e. The number of amides is 1. The first-order chi connectivity index (χ1) is 11.2. The Balaban J connectivity index is 2.29. The standard InChI is InChI=1S/C15H11Cl2F3N2O2/c1-24-14-12(10(4-5-21-14)15(18,19)20)13(23)22-7-8-2-3-9(16)6-11(8)17/h2-6H,7H2,1H3,(H,22,23). The first-order valence-corrected chi connectivity index (χ1v) is 7.32. The van der Waals surface area contributed by atoms with Crippen molar-refractivity contribution in [2.45, 2.75) is 12.7 Å². The predicted octanol–water partition coefficient (Wildman–Crippen LogP) is 4.35. The molecular weight excluding hydrogens is 368 g/mol. The molecule has 2 aromatic rings. The molecule has 1 aromatic heterocycles. The number of nitrogens with zero attached hydrogens (tertiary/aromatic N) is 1. The Morgan fingerprint density at radius 3 is 2.58 bits per heavy atom. The Morgan fingerprint density at radius 1 is 1.29 bits per heavy atom. The van der Waals surface area contributed by atoms with Crippen LogP contribution in [0.1, 0.15) is 21.5 Å². The number of pyridine rings is 1. The summed E-state index contributed by atoms with van der Waals surface area (Å²) < 4.78 is 44.1. The van der Waals surface area contributed by atoms with Crippen molar-refractivity contribution in [3.8, 4) is 5.88 Å². The van der Waals surface area contributed by atoms with Crippen molar-refractivity contribution in [1.82, 2.24) is 10.3 Å². The van der Waals surface area contributed by atoms with Gasteiger partial charge in [0, 0.05) is 22.8 Å². The summed E-state index contributed by atoms with van der Waals surface area (Å²) in [6, 6.07) is 5.31. The Kier molecular flexibility index (Phi) is 5.56. The van der Waals surface area contributed by atoms with Gasteiger partial charge in [-0.25, -0.2) is 4.98 Å². The zero-order chi connectivity index (χ0) is 17.9. The van der Waals surface area contributed by atoms with Crippen LogP contribution in [0.3, 0.4) is 0 Å². The van der Waals surface area contributed by atoms with Crippen molar-refractivity contribution in [2.24, 2.45) is 0 Å². The summed E-state index contributed by atoms with van der Waals surface area (Å²) in [7, 11) is 1.13. The van der Waals surface area contributed by atoms with Gasteiger partial charge in [0.25, 0.3) is 5.91 Å².